The van der Waals surface area contributed by atoms with Crippen molar-refractivity contribution in [1.29, 1.82) is 0 Å². The van der Waals surface area contributed by atoms with Crippen LogP contribution in [0.25, 0.3) is 0 Å². The average molecular weight is 371 g/mol. The van der Waals surface area contributed by atoms with Crippen LogP contribution in [0.5, 0.6) is 0 Å². The van der Waals surface area contributed by atoms with Crippen LogP contribution < -0.4 is 0 Å². The largest absolute Gasteiger partial charge is 0.337 e. The Bertz CT molecular complexity index is 495. The number of amides is 1. The van der Waals surface area contributed by atoms with Crippen LogP contribution in [-0.4, -0.2) is 43.8 Å². The van der Waals surface area contributed by atoms with Crippen LogP contribution in [0.1, 0.15) is 10.4 Å². The number of sulfone groups is 1. The maximum atomic E-state index is 12.0. The standard InChI is InChI=1S/C9H10INO3S2/c10-8-5-7(6-15-8)9(12)11-1-3-16(13,14)4-2-11/h5-6H,1-4H2. The fraction of sp³-hybridized carbons (Fsp3) is 0.444. The first kappa shape index (κ1) is 12.3. The van der Waals surface area contributed by atoms with Gasteiger partial charge in [-0.2, -0.15) is 0 Å². The number of rotatable bonds is 1. The molecule has 0 N–H and O–H groups in total. The van der Waals surface area contributed by atoms with Crippen molar-refractivity contribution in [3.63, 3.8) is 0 Å². The van der Waals surface area contributed by atoms with E-state index in [4.69, 9.17) is 0 Å². The molecule has 4 nitrogen and oxygen atoms in total. The monoisotopic (exact) mass is 371 g/mol. The second-order valence-corrected chi connectivity index (χ2v) is 8.69. The number of thiophene rings is 1. The van der Waals surface area contributed by atoms with Gasteiger partial charge < -0.3 is 4.90 Å². The van der Waals surface area contributed by atoms with Gasteiger partial charge in [-0.25, -0.2) is 8.42 Å². The Morgan fingerprint density at radius 2 is 2.00 bits per heavy atom. The Kier molecular flexibility index (Phi) is 3.55. The molecule has 1 aromatic heterocycles. The van der Waals surface area contributed by atoms with Crippen LogP contribution in [0.4, 0.5) is 0 Å². The second-order valence-electron chi connectivity index (χ2n) is 3.58. The van der Waals surface area contributed by atoms with Gasteiger partial charge in [-0.1, -0.05) is 0 Å². The van der Waals surface area contributed by atoms with E-state index in [0.717, 1.165) is 2.88 Å². The summed E-state index contributed by atoms with van der Waals surface area (Å²) in [4.78, 5) is 13.6. The highest BCUT2D eigenvalue weighted by Crippen LogP contribution is 2.19. The molecule has 2 heterocycles. The van der Waals surface area contributed by atoms with Gasteiger partial charge in [0.1, 0.15) is 0 Å². The molecule has 2 rings (SSSR count). The van der Waals surface area contributed by atoms with Gasteiger partial charge in [0.05, 0.1) is 20.0 Å². The SMILES string of the molecule is O=C(c1csc(I)c1)N1CCS(=O)(=O)CC1. The third-order valence-electron chi connectivity index (χ3n) is 2.45. The molecule has 16 heavy (non-hydrogen) atoms. The Morgan fingerprint density at radius 1 is 1.38 bits per heavy atom. The Morgan fingerprint density at radius 3 is 2.50 bits per heavy atom. The molecule has 1 aromatic rings. The molecule has 0 spiro atoms. The number of nitrogens with zero attached hydrogens (tertiary/aromatic N) is 1. The van der Waals surface area contributed by atoms with Crippen LogP contribution in [0, 0.1) is 2.88 Å². The fourth-order valence-corrected chi connectivity index (χ4v) is 4.04. The van der Waals surface area contributed by atoms with E-state index in [-0.39, 0.29) is 17.4 Å². The molecule has 0 unspecified atom stereocenters. The van der Waals surface area contributed by atoms with Gasteiger partial charge in [-0.15, -0.1) is 11.3 Å². The average Bonchev–Trinajstić information content (AvgIpc) is 2.64. The van der Waals surface area contributed by atoms with Crippen molar-refractivity contribution in [1.82, 2.24) is 4.90 Å². The highest BCUT2D eigenvalue weighted by atomic mass is 127. The lowest BCUT2D eigenvalue weighted by molar-refractivity contribution is 0.0771. The molecule has 88 valence electrons. The molecule has 7 heteroatoms. The van der Waals surface area contributed by atoms with Crippen molar-refractivity contribution in [2.45, 2.75) is 0 Å². The second kappa shape index (κ2) is 4.61. The highest BCUT2D eigenvalue weighted by Gasteiger charge is 2.25. The number of carbonyl (C=O) groups excluding carboxylic acids is 1. The summed E-state index contributed by atoms with van der Waals surface area (Å²) in [5, 5.41) is 1.81. The van der Waals surface area contributed by atoms with E-state index in [0.29, 0.717) is 18.7 Å². The molecule has 0 aromatic carbocycles. The van der Waals surface area contributed by atoms with Crippen molar-refractivity contribution in [2.24, 2.45) is 0 Å². The van der Waals surface area contributed by atoms with E-state index in [1.807, 2.05) is 11.4 Å². The number of halogens is 1. The van der Waals surface area contributed by atoms with E-state index < -0.39 is 9.84 Å². The topological polar surface area (TPSA) is 54.5 Å². The van der Waals surface area contributed by atoms with Crippen LogP contribution in [0.3, 0.4) is 0 Å². The summed E-state index contributed by atoms with van der Waals surface area (Å²) in [7, 11) is -2.92. The van der Waals surface area contributed by atoms with Crippen molar-refractivity contribution in [2.75, 3.05) is 24.6 Å². The molecule has 1 aliphatic heterocycles. The first-order chi connectivity index (χ1) is 7.48. The van der Waals surface area contributed by atoms with Crippen LogP contribution in [0.2, 0.25) is 0 Å². The van der Waals surface area contributed by atoms with Gasteiger partial charge in [0.25, 0.3) is 5.91 Å². The van der Waals surface area contributed by atoms with E-state index in [1.54, 1.807) is 4.90 Å². The van der Waals surface area contributed by atoms with Gasteiger partial charge >= 0.3 is 0 Å². The van der Waals surface area contributed by atoms with E-state index in [9.17, 15) is 13.2 Å². The number of hydrogen-bond acceptors (Lipinski definition) is 4. The maximum absolute atomic E-state index is 12.0. The van der Waals surface area contributed by atoms with Crippen LogP contribution in [0.15, 0.2) is 11.4 Å². The summed E-state index contributed by atoms with van der Waals surface area (Å²) in [6.45, 7) is 0.626. The molecule has 1 fully saturated rings. The minimum atomic E-state index is -2.92. The van der Waals surface area contributed by atoms with Gasteiger partial charge in [-0.3, -0.25) is 4.79 Å². The van der Waals surface area contributed by atoms with Gasteiger partial charge in [0.2, 0.25) is 0 Å². The Balaban J connectivity index is 2.07. The van der Waals surface area contributed by atoms with E-state index in [1.165, 1.54) is 11.3 Å². The van der Waals surface area contributed by atoms with Crippen molar-refractivity contribution in [3.05, 3.63) is 19.9 Å². The van der Waals surface area contributed by atoms with Crippen LogP contribution >= 0.6 is 33.9 Å². The zero-order valence-electron chi connectivity index (χ0n) is 8.35. The normalized spacial score (nSPS) is 19.7. The zero-order chi connectivity index (χ0) is 11.8. The third kappa shape index (κ3) is 2.75. The summed E-state index contributed by atoms with van der Waals surface area (Å²) in [5.41, 5.74) is 0.661. The zero-order valence-corrected chi connectivity index (χ0v) is 12.1. The lowest BCUT2D eigenvalue weighted by atomic mass is 10.3. The smallest absolute Gasteiger partial charge is 0.254 e. The first-order valence-electron chi connectivity index (χ1n) is 4.72. The minimum absolute atomic E-state index is 0.0610. The van der Waals surface area contributed by atoms with Gasteiger partial charge in [0, 0.05) is 18.5 Å². The van der Waals surface area contributed by atoms with Gasteiger partial charge in [-0.05, 0) is 28.7 Å². The predicted octanol–water partition coefficient (Wildman–Crippen LogP) is 1.22. The molecule has 1 aliphatic rings. The fourth-order valence-electron chi connectivity index (χ4n) is 1.52. The molecule has 0 radical (unpaired) electrons. The van der Waals surface area contributed by atoms with E-state index >= 15 is 0 Å². The van der Waals surface area contributed by atoms with Crippen molar-refractivity contribution < 1.29 is 13.2 Å². The predicted molar refractivity (Wildman–Crippen MR) is 71.6 cm³/mol. The Hall–Kier alpha value is -0.150. The lowest BCUT2D eigenvalue weighted by Crippen LogP contribution is -2.43. The molecular formula is C9H10INO3S2. The first-order valence-corrected chi connectivity index (χ1v) is 8.50. The molecular weight excluding hydrogens is 361 g/mol. The maximum Gasteiger partial charge on any atom is 0.254 e. The molecule has 0 bridgehead atoms. The summed E-state index contributed by atoms with van der Waals surface area (Å²) < 4.78 is 23.5. The number of hydrogen-bond donors (Lipinski definition) is 0. The number of carbonyl (C=O) groups is 1. The lowest BCUT2D eigenvalue weighted by Gasteiger charge is -2.26. The quantitative estimate of drug-likeness (QED) is 0.698. The van der Waals surface area contributed by atoms with Crippen molar-refractivity contribution in [3.8, 4) is 0 Å². The molecule has 0 saturated carbocycles. The minimum Gasteiger partial charge on any atom is -0.337 e. The Labute approximate surface area is 112 Å². The molecule has 0 atom stereocenters. The third-order valence-corrected chi connectivity index (χ3v) is 5.84. The highest BCUT2D eigenvalue weighted by molar-refractivity contribution is 14.1. The summed E-state index contributed by atoms with van der Waals surface area (Å²) in [6, 6.07) is 1.83. The molecule has 0 aliphatic carbocycles. The van der Waals surface area contributed by atoms with Crippen LogP contribution in [-0.2, 0) is 9.84 Å². The summed E-state index contributed by atoms with van der Waals surface area (Å²) in [5.74, 6) is 0.106. The molecule has 1 saturated heterocycles. The van der Waals surface area contributed by atoms with Crippen molar-refractivity contribution >= 4 is 49.7 Å². The van der Waals surface area contributed by atoms with E-state index in [2.05, 4.69) is 22.6 Å². The summed E-state index contributed by atoms with van der Waals surface area (Å²) >= 11 is 3.68. The molecule has 1 amide bonds. The van der Waals surface area contributed by atoms with Gasteiger partial charge in [0.15, 0.2) is 9.84 Å². The summed E-state index contributed by atoms with van der Waals surface area (Å²) in [6.07, 6.45) is 0.